The van der Waals surface area contributed by atoms with Crippen LogP contribution < -0.4 is 5.32 Å². The van der Waals surface area contributed by atoms with Gasteiger partial charge in [-0.05, 0) is 57.1 Å². The van der Waals surface area contributed by atoms with Crippen LogP contribution in [0.25, 0.3) is 0 Å². The Hall–Kier alpha value is 0.270. The van der Waals surface area contributed by atoms with Gasteiger partial charge >= 0.3 is 0 Å². The molecular weight excluding hydrogens is 242 g/mol. The predicted molar refractivity (Wildman–Crippen MR) is 80.3 cm³/mol. The summed E-state index contributed by atoms with van der Waals surface area (Å²) < 4.78 is 6.20. The van der Waals surface area contributed by atoms with Gasteiger partial charge < -0.3 is 10.1 Å². The van der Waals surface area contributed by atoms with Gasteiger partial charge in [-0.25, -0.2) is 0 Å². The van der Waals surface area contributed by atoms with Crippen molar-refractivity contribution >= 4 is 11.8 Å². The summed E-state index contributed by atoms with van der Waals surface area (Å²) in [6, 6.07) is 0.695. The van der Waals surface area contributed by atoms with E-state index in [4.69, 9.17) is 4.74 Å². The third-order valence-electron chi connectivity index (χ3n) is 4.87. The summed E-state index contributed by atoms with van der Waals surface area (Å²) in [4.78, 5) is 0. The van der Waals surface area contributed by atoms with Crippen molar-refractivity contribution < 1.29 is 4.74 Å². The Kier molecular flexibility index (Phi) is 5.84. The maximum absolute atomic E-state index is 6.20. The Morgan fingerprint density at radius 2 is 2.11 bits per heavy atom. The first-order valence-electron chi connectivity index (χ1n) is 7.60. The Labute approximate surface area is 117 Å². The van der Waals surface area contributed by atoms with Gasteiger partial charge in [0, 0.05) is 12.6 Å². The van der Waals surface area contributed by atoms with Crippen LogP contribution in [0.3, 0.4) is 0 Å². The normalized spacial score (nSPS) is 29.3. The molecule has 2 atom stereocenters. The smallest absolute Gasteiger partial charge is 0.0685 e. The Morgan fingerprint density at radius 3 is 2.78 bits per heavy atom. The van der Waals surface area contributed by atoms with Gasteiger partial charge in [0.05, 0.1) is 5.60 Å². The predicted octanol–water partition coefficient (Wildman–Crippen LogP) is 3.46. The van der Waals surface area contributed by atoms with Crippen LogP contribution in [0.15, 0.2) is 0 Å². The molecule has 2 nitrogen and oxygen atoms in total. The number of nitrogens with one attached hydrogen (secondary N) is 1. The second-order valence-electron chi connectivity index (χ2n) is 6.02. The fourth-order valence-corrected chi connectivity index (χ4v) is 4.30. The van der Waals surface area contributed by atoms with Gasteiger partial charge in [0.1, 0.15) is 0 Å². The van der Waals surface area contributed by atoms with E-state index in [1.165, 1.54) is 57.1 Å². The summed E-state index contributed by atoms with van der Waals surface area (Å²) in [7, 11) is 2.13. The number of rotatable bonds is 5. The van der Waals surface area contributed by atoms with Crippen LogP contribution in [0.1, 0.15) is 51.4 Å². The van der Waals surface area contributed by atoms with Crippen LogP contribution in [0.4, 0.5) is 0 Å². The molecule has 0 bridgehead atoms. The second-order valence-corrected chi connectivity index (χ2v) is 7.01. The zero-order valence-electron chi connectivity index (χ0n) is 12.0. The maximum atomic E-state index is 6.20. The van der Waals surface area contributed by atoms with E-state index in [2.05, 4.69) is 18.6 Å². The number of thioether (sulfide) groups is 1. The van der Waals surface area contributed by atoms with E-state index >= 15 is 0 Å². The fourth-order valence-electron chi connectivity index (χ4n) is 3.81. The highest BCUT2D eigenvalue weighted by Crippen LogP contribution is 2.41. The molecule has 1 N–H and O–H groups in total. The van der Waals surface area contributed by atoms with Gasteiger partial charge in [-0.1, -0.05) is 19.3 Å². The van der Waals surface area contributed by atoms with Crippen LogP contribution in [0.2, 0.25) is 0 Å². The van der Waals surface area contributed by atoms with Crippen LogP contribution in [-0.4, -0.2) is 37.3 Å². The summed E-state index contributed by atoms with van der Waals surface area (Å²) >= 11 is 1.97. The molecule has 2 fully saturated rings. The quantitative estimate of drug-likeness (QED) is 0.827. The lowest BCUT2D eigenvalue weighted by molar-refractivity contribution is -0.121. The molecule has 2 unspecified atom stereocenters. The van der Waals surface area contributed by atoms with E-state index in [9.17, 15) is 0 Å². The standard InChI is InChI=1S/C15H29NOS/c1-16-14(7-11-18-2)13-6-10-17-15(12-13)8-4-3-5-9-15/h13-14,16H,3-12H2,1-2H3. The molecule has 1 aliphatic heterocycles. The zero-order valence-corrected chi connectivity index (χ0v) is 12.9. The van der Waals surface area contributed by atoms with Crippen LogP contribution in [0, 0.1) is 5.92 Å². The minimum absolute atomic E-state index is 0.260. The maximum Gasteiger partial charge on any atom is 0.0685 e. The molecule has 1 saturated carbocycles. The first-order valence-corrected chi connectivity index (χ1v) is 8.99. The summed E-state index contributed by atoms with van der Waals surface area (Å²) in [5.74, 6) is 2.10. The fraction of sp³-hybridized carbons (Fsp3) is 1.00. The van der Waals surface area contributed by atoms with E-state index in [-0.39, 0.29) is 5.60 Å². The third kappa shape index (κ3) is 3.64. The summed E-state index contributed by atoms with van der Waals surface area (Å²) in [6.45, 7) is 0.988. The van der Waals surface area contributed by atoms with Crippen molar-refractivity contribution in [1.29, 1.82) is 0 Å². The first-order chi connectivity index (χ1) is 8.79. The highest BCUT2D eigenvalue weighted by atomic mass is 32.2. The molecule has 18 heavy (non-hydrogen) atoms. The molecule has 0 aromatic heterocycles. The Morgan fingerprint density at radius 1 is 1.33 bits per heavy atom. The highest BCUT2D eigenvalue weighted by Gasteiger charge is 2.40. The Bertz CT molecular complexity index is 235. The highest BCUT2D eigenvalue weighted by molar-refractivity contribution is 7.98. The number of ether oxygens (including phenoxy) is 1. The monoisotopic (exact) mass is 271 g/mol. The van der Waals surface area contributed by atoms with Crippen molar-refractivity contribution in [3.05, 3.63) is 0 Å². The van der Waals surface area contributed by atoms with Gasteiger partial charge in [-0.2, -0.15) is 11.8 Å². The molecule has 0 amide bonds. The summed E-state index contributed by atoms with van der Waals surface area (Å²) in [6.07, 6.45) is 12.8. The van der Waals surface area contributed by atoms with Crippen molar-refractivity contribution in [3.63, 3.8) is 0 Å². The molecule has 2 rings (SSSR count). The van der Waals surface area contributed by atoms with Crippen molar-refractivity contribution in [2.24, 2.45) is 5.92 Å². The lowest BCUT2D eigenvalue weighted by Gasteiger charge is -2.45. The first kappa shape index (κ1) is 14.7. The van der Waals surface area contributed by atoms with Gasteiger partial charge in [0.15, 0.2) is 0 Å². The van der Waals surface area contributed by atoms with E-state index in [1.54, 1.807) is 0 Å². The van der Waals surface area contributed by atoms with E-state index in [0.29, 0.717) is 6.04 Å². The lowest BCUT2D eigenvalue weighted by Crippen LogP contribution is -2.47. The molecule has 2 aliphatic rings. The summed E-state index contributed by atoms with van der Waals surface area (Å²) in [5, 5.41) is 3.56. The molecule has 0 aromatic carbocycles. The minimum Gasteiger partial charge on any atom is -0.375 e. The topological polar surface area (TPSA) is 21.3 Å². The van der Waals surface area contributed by atoms with E-state index < -0.39 is 0 Å². The van der Waals surface area contributed by atoms with Crippen molar-refractivity contribution in [3.8, 4) is 0 Å². The summed E-state index contributed by atoms with van der Waals surface area (Å²) in [5.41, 5.74) is 0.260. The van der Waals surface area contributed by atoms with Gasteiger partial charge in [-0.3, -0.25) is 0 Å². The van der Waals surface area contributed by atoms with Crippen LogP contribution >= 0.6 is 11.8 Å². The zero-order chi connectivity index (χ0) is 12.8. The van der Waals surface area contributed by atoms with Crippen molar-refractivity contribution in [2.45, 2.75) is 63.0 Å². The van der Waals surface area contributed by atoms with Gasteiger partial charge in [0.25, 0.3) is 0 Å². The minimum atomic E-state index is 0.260. The van der Waals surface area contributed by atoms with E-state index in [0.717, 1.165) is 12.5 Å². The second kappa shape index (κ2) is 7.16. The molecule has 0 radical (unpaired) electrons. The van der Waals surface area contributed by atoms with Crippen LogP contribution in [-0.2, 0) is 4.74 Å². The third-order valence-corrected chi connectivity index (χ3v) is 5.51. The van der Waals surface area contributed by atoms with Crippen molar-refractivity contribution in [1.82, 2.24) is 5.32 Å². The molecule has 1 aliphatic carbocycles. The lowest BCUT2D eigenvalue weighted by atomic mass is 9.74. The van der Waals surface area contributed by atoms with Crippen LogP contribution in [0.5, 0.6) is 0 Å². The molecule has 106 valence electrons. The van der Waals surface area contributed by atoms with Gasteiger partial charge in [0.2, 0.25) is 0 Å². The largest absolute Gasteiger partial charge is 0.375 e. The molecule has 1 saturated heterocycles. The number of hydrogen-bond donors (Lipinski definition) is 1. The SMILES string of the molecule is CNC(CCSC)C1CCOC2(CCCCC2)C1. The van der Waals surface area contributed by atoms with E-state index in [1.807, 2.05) is 11.8 Å². The molecular formula is C15H29NOS. The molecule has 0 aromatic rings. The molecule has 1 heterocycles. The number of hydrogen-bond acceptors (Lipinski definition) is 3. The van der Waals surface area contributed by atoms with Crippen molar-refractivity contribution in [2.75, 3.05) is 25.7 Å². The average Bonchev–Trinajstić information content (AvgIpc) is 2.41. The van der Waals surface area contributed by atoms with Gasteiger partial charge in [-0.15, -0.1) is 0 Å². The molecule has 3 heteroatoms. The Balaban J connectivity index is 1.91. The average molecular weight is 271 g/mol. The molecule has 1 spiro atoms.